The molecule has 1 aliphatic rings. The van der Waals surface area contributed by atoms with Gasteiger partial charge in [-0.15, -0.1) is 0 Å². The zero-order valence-corrected chi connectivity index (χ0v) is 47.9. The number of hydrogen-bond acceptors (Lipinski definition) is 5. The molecule has 0 amide bonds. The molecule has 13 rings (SSSR count). The highest BCUT2D eigenvalue weighted by atomic mass is 16.5. The lowest BCUT2D eigenvalue weighted by Crippen LogP contribution is -2.25. The monoisotopic (exact) mass is 1040 g/mol. The van der Waals surface area contributed by atoms with Crippen LogP contribution in [0.1, 0.15) is 90.1 Å². The molecule has 0 radical (unpaired) electrons. The number of para-hydroxylation sites is 3. The summed E-state index contributed by atoms with van der Waals surface area (Å²) in [5.74, 6) is 2.30. The van der Waals surface area contributed by atoms with Crippen LogP contribution in [-0.4, -0.2) is 16.2 Å². The first-order chi connectivity index (χ1) is 38.4. The number of nitrogens with zero attached hydrogens (tertiary/aromatic N) is 4. The van der Waals surface area contributed by atoms with Crippen molar-refractivity contribution >= 4 is 66.5 Å². The summed E-state index contributed by atoms with van der Waals surface area (Å²) in [6.07, 6.45) is 1.94. The highest BCUT2D eigenvalue weighted by Gasteiger charge is 2.34. The molecule has 0 unspecified atom stereocenters. The normalized spacial score (nSPS) is 13.1. The molecule has 9 aromatic carbocycles. The predicted molar refractivity (Wildman–Crippen MR) is 336 cm³/mol. The van der Waals surface area contributed by atoms with Gasteiger partial charge in [0.1, 0.15) is 35.2 Å². The summed E-state index contributed by atoms with van der Waals surface area (Å²) in [4.78, 5) is 10.1. The van der Waals surface area contributed by atoms with Crippen LogP contribution in [0.3, 0.4) is 0 Å². The molecule has 0 fully saturated rings. The smallest absolute Gasteiger partial charge is 0.145 e. The molecule has 0 spiro atoms. The maximum absolute atomic E-state index is 7.39. The number of benzene rings is 9. The number of fused-ring (bicyclic) bond motifs is 8. The van der Waals surface area contributed by atoms with Gasteiger partial charge in [-0.1, -0.05) is 178 Å². The number of rotatable bonds is 8. The van der Waals surface area contributed by atoms with Crippen molar-refractivity contribution in [2.75, 3.05) is 16.5 Å². The van der Waals surface area contributed by atoms with E-state index in [9.17, 15) is 0 Å². The van der Waals surface area contributed by atoms with Gasteiger partial charge in [0.2, 0.25) is 0 Å². The molecule has 0 atom stereocenters. The molecule has 6 nitrogen and oxygen atoms in total. The summed E-state index contributed by atoms with van der Waals surface area (Å²) in [6.45, 7) is 25.8. The van der Waals surface area contributed by atoms with E-state index in [1.54, 1.807) is 0 Å². The molecule has 0 N–H and O–H groups in total. The van der Waals surface area contributed by atoms with E-state index in [0.29, 0.717) is 6.67 Å². The lowest BCUT2D eigenvalue weighted by atomic mass is 9.74. The van der Waals surface area contributed by atoms with Gasteiger partial charge in [0.25, 0.3) is 0 Å². The molecule has 0 saturated heterocycles. The van der Waals surface area contributed by atoms with Gasteiger partial charge in [-0.3, -0.25) is 4.57 Å². The maximum atomic E-state index is 7.39. The van der Waals surface area contributed by atoms with Gasteiger partial charge in [-0.25, -0.2) is 4.98 Å². The van der Waals surface area contributed by atoms with Crippen LogP contribution < -0.4 is 14.5 Å². The van der Waals surface area contributed by atoms with E-state index in [4.69, 9.17) is 14.1 Å². The van der Waals surface area contributed by atoms with E-state index in [2.05, 4.69) is 279 Å². The molecule has 80 heavy (non-hydrogen) atoms. The molecule has 0 bridgehead atoms. The zero-order chi connectivity index (χ0) is 55.4. The van der Waals surface area contributed by atoms with Crippen LogP contribution in [0.5, 0.6) is 11.5 Å². The minimum Gasteiger partial charge on any atom is -0.457 e. The van der Waals surface area contributed by atoms with Crippen molar-refractivity contribution in [2.45, 2.75) is 92.4 Å². The molecule has 12 aromatic rings. The van der Waals surface area contributed by atoms with Crippen LogP contribution in [0.2, 0.25) is 0 Å². The van der Waals surface area contributed by atoms with E-state index in [-0.39, 0.29) is 16.2 Å². The van der Waals surface area contributed by atoms with Crippen molar-refractivity contribution in [3.8, 4) is 50.7 Å². The first-order valence-corrected chi connectivity index (χ1v) is 28.1. The first-order valence-electron chi connectivity index (χ1n) is 28.1. The van der Waals surface area contributed by atoms with Gasteiger partial charge in [0, 0.05) is 51.3 Å². The molecule has 3 aromatic heterocycles. The van der Waals surface area contributed by atoms with E-state index in [1.807, 2.05) is 12.3 Å². The van der Waals surface area contributed by atoms with Crippen molar-refractivity contribution in [3.05, 3.63) is 228 Å². The van der Waals surface area contributed by atoms with Crippen molar-refractivity contribution < 1.29 is 9.15 Å². The second kappa shape index (κ2) is 18.9. The molecular weight excluding hydrogens is 977 g/mol. The van der Waals surface area contributed by atoms with Crippen molar-refractivity contribution in [1.82, 2.24) is 9.55 Å². The Morgan fingerprint density at radius 1 is 0.463 bits per heavy atom. The fourth-order valence-electron chi connectivity index (χ4n) is 12.6. The van der Waals surface area contributed by atoms with Crippen LogP contribution in [-0.2, 0) is 16.2 Å². The molecule has 1 aliphatic heterocycles. The quantitative estimate of drug-likeness (QED) is 0.152. The number of hydrogen-bond donors (Lipinski definition) is 0. The van der Waals surface area contributed by atoms with Crippen LogP contribution in [0.4, 0.5) is 22.7 Å². The summed E-state index contributed by atoms with van der Waals surface area (Å²) in [5.41, 5.74) is 21.3. The molecule has 396 valence electrons. The molecule has 4 heterocycles. The van der Waals surface area contributed by atoms with Crippen molar-refractivity contribution in [3.63, 3.8) is 0 Å². The number of anilines is 4. The van der Waals surface area contributed by atoms with Gasteiger partial charge in [-0.05, 0) is 147 Å². The van der Waals surface area contributed by atoms with E-state index in [0.717, 1.165) is 83.7 Å². The van der Waals surface area contributed by atoms with Gasteiger partial charge in [-0.2, -0.15) is 0 Å². The van der Waals surface area contributed by atoms with Crippen molar-refractivity contribution in [1.29, 1.82) is 0 Å². The third-order valence-electron chi connectivity index (χ3n) is 16.3. The Labute approximate surface area is 470 Å². The van der Waals surface area contributed by atoms with Crippen LogP contribution >= 0.6 is 0 Å². The lowest BCUT2D eigenvalue weighted by Gasteiger charge is -2.31. The Morgan fingerprint density at radius 2 is 1.07 bits per heavy atom. The fraction of sp³-hybridized carbons (Fsp3) is 0.203. The number of furan rings is 1. The molecule has 0 aliphatic carbocycles. The minimum atomic E-state index is -0.155. The second-order valence-electron chi connectivity index (χ2n) is 25.0. The summed E-state index contributed by atoms with van der Waals surface area (Å²) >= 11 is 0. The Balaban J connectivity index is 1.03. The SMILES string of the molecule is Cc1cc(C)c(-c2ccccc2)c(N2CN(c3cc(Oc4ccc5c6c7oc8ccccc8c7ccc6n(-c6cc(C(C)(C)C)ccn6)c5c4)cc(-c4c(C(C)(C)C)cccc4C(C)(C)C)c3)c3ccccc32)c1-c1ccccc1. The summed E-state index contributed by atoms with van der Waals surface area (Å²) < 4.78 is 16.4. The highest BCUT2D eigenvalue weighted by Crippen LogP contribution is 2.54. The topological polar surface area (TPSA) is 46.7 Å². The minimum absolute atomic E-state index is 0.0852. The predicted octanol–water partition coefficient (Wildman–Crippen LogP) is 20.6. The van der Waals surface area contributed by atoms with Crippen LogP contribution in [0.25, 0.3) is 82.9 Å². The number of aryl methyl sites for hydroxylation is 2. The summed E-state index contributed by atoms with van der Waals surface area (Å²) in [7, 11) is 0. The second-order valence-corrected chi connectivity index (χ2v) is 25.0. The Hall–Kier alpha value is -8.87. The maximum Gasteiger partial charge on any atom is 0.145 e. The van der Waals surface area contributed by atoms with Gasteiger partial charge < -0.3 is 19.0 Å². The summed E-state index contributed by atoms with van der Waals surface area (Å²) in [6, 6.07) is 70.4. The average molecular weight is 1050 g/mol. The Bertz CT molecular complexity index is 4290. The van der Waals surface area contributed by atoms with Gasteiger partial charge in [0.05, 0.1) is 33.5 Å². The highest BCUT2D eigenvalue weighted by molar-refractivity contribution is 6.24. The third kappa shape index (κ3) is 8.60. The van der Waals surface area contributed by atoms with Crippen LogP contribution in [0.15, 0.2) is 205 Å². The Kier molecular flexibility index (Phi) is 12.0. The number of pyridine rings is 1. The number of aromatic nitrogens is 2. The largest absolute Gasteiger partial charge is 0.457 e. The zero-order valence-electron chi connectivity index (χ0n) is 47.9. The standard InChI is InChI=1S/C74H68N4O2/c1-46-39-47(2)67(49-25-16-13-17-26-49)70(66(46)48-23-14-12-15-24-48)77-45-76(60-30-19-20-31-61(60)77)52-40-50(68-58(73(6,7)8)28-22-29-59(68)74(9,10)11)41-54(43-52)79-53-33-34-57-63(44-53)78(65-42-51(37-38-75-65)72(3,4)5)62-36-35-56-55-27-18-21-32-64(55)80-71(56)69(57)62/h12-44H,45H2,1-11H3. The fourth-order valence-corrected chi connectivity index (χ4v) is 12.6. The average Bonchev–Trinajstić information content (AvgIpc) is 4.23. The molecule has 6 heteroatoms. The molecule has 0 saturated carbocycles. The van der Waals surface area contributed by atoms with E-state index < -0.39 is 0 Å². The number of ether oxygens (including phenoxy) is 1. The van der Waals surface area contributed by atoms with Crippen LogP contribution in [0, 0.1) is 13.8 Å². The molecular formula is C74H68N4O2. The lowest BCUT2D eigenvalue weighted by molar-refractivity contribution is 0.483. The van der Waals surface area contributed by atoms with Gasteiger partial charge in [0.15, 0.2) is 0 Å². The summed E-state index contributed by atoms with van der Waals surface area (Å²) in [5, 5.41) is 4.30. The van der Waals surface area contributed by atoms with Gasteiger partial charge >= 0.3 is 0 Å². The van der Waals surface area contributed by atoms with Crippen molar-refractivity contribution in [2.24, 2.45) is 0 Å². The van der Waals surface area contributed by atoms with E-state index >= 15 is 0 Å². The Morgan fingerprint density at radius 3 is 1.73 bits per heavy atom. The third-order valence-corrected chi connectivity index (χ3v) is 16.3. The van der Waals surface area contributed by atoms with E-state index in [1.165, 1.54) is 61.3 Å². The first kappa shape index (κ1) is 50.6.